The van der Waals surface area contributed by atoms with Crippen molar-refractivity contribution in [1.29, 1.82) is 0 Å². The zero-order valence-corrected chi connectivity index (χ0v) is 32.0. The van der Waals surface area contributed by atoms with Crippen LogP contribution in [0.1, 0.15) is 43.0 Å². The van der Waals surface area contributed by atoms with Crippen molar-refractivity contribution in [3.63, 3.8) is 0 Å². The van der Waals surface area contributed by atoms with Crippen LogP contribution < -0.4 is 14.5 Å². The first-order chi connectivity index (χ1) is 26.6. The molecule has 1 aliphatic heterocycles. The van der Waals surface area contributed by atoms with E-state index in [0.717, 1.165) is 66.7 Å². The lowest BCUT2D eigenvalue weighted by molar-refractivity contribution is 0.483. The summed E-state index contributed by atoms with van der Waals surface area (Å²) >= 11 is 0. The Hall–Kier alpha value is -6.53. The molecular weight excluding hydrogens is 677 g/mol. The molecule has 270 valence electrons. The van der Waals surface area contributed by atoms with Crippen LogP contribution in [-0.2, 0) is 5.41 Å². The number of rotatable bonds is 5. The quantitative estimate of drug-likeness (QED) is 0.177. The third-order valence-electron chi connectivity index (χ3n) is 11.1. The highest BCUT2D eigenvalue weighted by Crippen LogP contribution is 2.47. The summed E-state index contributed by atoms with van der Waals surface area (Å²) < 4.78 is 15.6. The molecule has 0 spiro atoms. The number of nitrogens with zero attached hydrogens (tertiary/aromatic N) is 4. The van der Waals surface area contributed by atoms with Gasteiger partial charge >= 0.3 is 0 Å². The molecule has 10 rings (SSSR count). The largest absolute Gasteiger partial charge is 0.457 e. The zero-order valence-electron chi connectivity index (χ0n) is 32.0. The molecule has 0 saturated heterocycles. The van der Waals surface area contributed by atoms with Crippen molar-refractivity contribution in [2.75, 3.05) is 16.5 Å². The zero-order chi connectivity index (χ0) is 37.6. The average molecular weight is 719 g/mol. The van der Waals surface area contributed by atoms with Gasteiger partial charge in [-0.15, -0.1) is 0 Å². The van der Waals surface area contributed by atoms with Gasteiger partial charge in [-0.3, -0.25) is 4.57 Å². The van der Waals surface area contributed by atoms with Gasteiger partial charge in [0.2, 0.25) is 0 Å². The third-order valence-corrected chi connectivity index (χ3v) is 11.1. The second kappa shape index (κ2) is 12.3. The minimum Gasteiger partial charge on any atom is -0.457 e. The van der Waals surface area contributed by atoms with Crippen LogP contribution in [0, 0.1) is 20.8 Å². The lowest BCUT2D eigenvalue weighted by Gasteiger charge is -2.25. The summed E-state index contributed by atoms with van der Waals surface area (Å²) in [6.45, 7) is 14.0. The predicted molar refractivity (Wildman–Crippen MR) is 227 cm³/mol. The van der Waals surface area contributed by atoms with Crippen molar-refractivity contribution in [2.45, 2.75) is 47.0 Å². The maximum absolute atomic E-state index is 6.74. The van der Waals surface area contributed by atoms with E-state index in [9.17, 15) is 0 Å². The third kappa shape index (κ3) is 5.35. The normalized spacial score (nSPS) is 13.1. The second-order valence-corrected chi connectivity index (χ2v) is 15.9. The van der Waals surface area contributed by atoms with Crippen molar-refractivity contribution in [3.8, 4) is 17.3 Å². The van der Waals surface area contributed by atoms with Crippen LogP contribution >= 0.6 is 0 Å². The van der Waals surface area contributed by atoms with Gasteiger partial charge in [-0.05, 0) is 104 Å². The topological polar surface area (TPSA) is 46.7 Å². The van der Waals surface area contributed by atoms with Crippen LogP contribution in [0.3, 0.4) is 0 Å². The van der Waals surface area contributed by atoms with E-state index < -0.39 is 0 Å². The lowest BCUT2D eigenvalue weighted by atomic mass is 9.88. The maximum Gasteiger partial charge on any atom is 0.160 e. The number of hydrogen-bond donors (Lipinski definition) is 0. The van der Waals surface area contributed by atoms with Crippen molar-refractivity contribution in [1.82, 2.24) is 9.55 Å². The molecule has 4 heterocycles. The molecule has 6 aromatic carbocycles. The number of aryl methyl sites for hydroxylation is 3. The molecule has 0 aliphatic carbocycles. The van der Waals surface area contributed by atoms with E-state index in [4.69, 9.17) is 14.1 Å². The molecule has 0 fully saturated rings. The van der Waals surface area contributed by atoms with Crippen LogP contribution in [0.4, 0.5) is 22.7 Å². The first kappa shape index (κ1) is 33.1. The highest BCUT2D eigenvalue weighted by atomic mass is 16.5. The van der Waals surface area contributed by atoms with Gasteiger partial charge < -0.3 is 19.0 Å². The molecule has 55 heavy (non-hydrogen) atoms. The Kier molecular flexibility index (Phi) is 7.37. The molecule has 6 nitrogen and oxygen atoms in total. The van der Waals surface area contributed by atoms with Crippen LogP contribution in [0.15, 0.2) is 138 Å². The summed E-state index contributed by atoms with van der Waals surface area (Å²) in [5.41, 5.74) is 13.4. The number of para-hydroxylation sites is 3. The summed E-state index contributed by atoms with van der Waals surface area (Å²) in [4.78, 5) is 9.76. The number of pyridine rings is 1. The van der Waals surface area contributed by atoms with E-state index in [1.807, 2.05) is 24.4 Å². The molecule has 0 radical (unpaired) electrons. The van der Waals surface area contributed by atoms with Crippen LogP contribution in [0.25, 0.3) is 49.6 Å². The molecule has 0 bridgehead atoms. The van der Waals surface area contributed by atoms with E-state index in [2.05, 4.69) is 165 Å². The van der Waals surface area contributed by atoms with E-state index in [0.29, 0.717) is 6.67 Å². The minimum atomic E-state index is -0.0465. The maximum atomic E-state index is 6.74. The Morgan fingerprint density at radius 1 is 0.636 bits per heavy atom. The van der Waals surface area contributed by atoms with Gasteiger partial charge in [-0.25, -0.2) is 4.98 Å². The predicted octanol–water partition coefficient (Wildman–Crippen LogP) is 13.3. The monoisotopic (exact) mass is 718 g/mol. The van der Waals surface area contributed by atoms with E-state index in [-0.39, 0.29) is 5.41 Å². The number of fused-ring (bicyclic) bond motifs is 8. The number of aromatic nitrogens is 2. The fourth-order valence-corrected chi connectivity index (χ4v) is 8.64. The fourth-order valence-electron chi connectivity index (χ4n) is 8.64. The van der Waals surface area contributed by atoms with Gasteiger partial charge in [0, 0.05) is 51.2 Å². The molecule has 0 unspecified atom stereocenters. The SMILES string of the molecule is Cc1cc(C)c(N2CN(c3cccc(Oc4ccc5c6ccc7c8ccccc8oc7c6n(-c6cc(C(C)(C)C)ccn6)c5c4)c3)c3ccccc32)c(C)c1. The van der Waals surface area contributed by atoms with Gasteiger partial charge in [0.1, 0.15) is 29.6 Å². The Bertz CT molecular complexity index is 2960. The second-order valence-electron chi connectivity index (χ2n) is 15.9. The summed E-state index contributed by atoms with van der Waals surface area (Å²) in [6, 6.07) is 44.9. The van der Waals surface area contributed by atoms with Crippen molar-refractivity contribution in [3.05, 3.63) is 156 Å². The minimum absolute atomic E-state index is 0.0465. The molecule has 6 heteroatoms. The van der Waals surface area contributed by atoms with E-state index >= 15 is 0 Å². The molecule has 0 saturated carbocycles. The molecule has 0 N–H and O–H groups in total. The number of furan rings is 1. The number of ether oxygens (including phenoxy) is 1. The smallest absolute Gasteiger partial charge is 0.160 e. The number of anilines is 4. The van der Waals surface area contributed by atoms with Gasteiger partial charge in [-0.2, -0.15) is 0 Å². The molecule has 9 aromatic rings. The van der Waals surface area contributed by atoms with Crippen LogP contribution in [0.5, 0.6) is 11.5 Å². The van der Waals surface area contributed by atoms with E-state index in [1.54, 1.807) is 0 Å². The van der Waals surface area contributed by atoms with E-state index in [1.165, 1.54) is 39.3 Å². The first-order valence-electron chi connectivity index (χ1n) is 19.0. The van der Waals surface area contributed by atoms with Crippen LogP contribution in [-0.4, -0.2) is 16.2 Å². The molecule has 0 atom stereocenters. The first-order valence-corrected chi connectivity index (χ1v) is 19.0. The fraction of sp³-hybridized carbons (Fsp3) is 0.163. The van der Waals surface area contributed by atoms with Gasteiger partial charge in [0.05, 0.1) is 22.4 Å². The van der Waals surface area contributed by atoms with Crippen molar-refractivity contribution >= 4 is 66.5 Å². The van der Waals surface area contributed by atoms with Gasteiger partial charge in [-0.1, -0.05) is 80.9 Å². The Morgan fingerprint density at radius 3 is 2.15 bits per heavy atom. The van der Waals surface area contributed by atoms with Crippen LogP contribution in [0.2, 0.25) is 0 Å². The summed E-state index contributed by atoms with van der Waals surface area (Å²) in [7, 11) is 0. The molecule has 3 aromatic heterocycles. The highest BCUT2D eigenvalue weighted by Gasteiger charge is 2.30. The van der Waals surface area contributed by atoms with Crippen molar-refractivity contribution < 1.29 is 9.15 Å². The summed E-state index contributed by atoms with van der Waals surface area (Å²) in [5.74, 6) is 2.36. The lowest BCUT2D eigenvalue weighted by Crippen LogP contribution is -2.25. The highest BCUT2D eigenvalue weighted by molar-refractivity contribution is 6.21. The van der Waals surface area contributed by atoms with Gasteiger partial charge in [0.25, 0.3) is 0 Å². The summed E-state index contributed by atoms with van der Waals surface area (Å²) in [6.07, 6.45) is 1.91. The standard InChI is InChI=1S/C49H42N4O2/c1-30-24-31(2)46(32(3)25-30)52-29-51(41-15-8-9-16-42(41)52)34-12-11-13-35(27-34)54-36-18-19-37-39-20-21-40-38-14-7-10-17-44(38)55-48(40)47(39)53(43(37)28-36)45-26-33(22-23-50-45)49(4,5)6/h7-28H,29H2,1-6H3. The summed E-state index contributed by atoms with van der Waals surface area (Å²) in [5, 5.41) is 4.40. The number of hydrogen-bond acceptors (Lipinski definition) is 5. The Labute approximate surface area is 320 Å². The molecule has 1 aliphatic rings. The van der Waals surface area contributed by atoms with Gasteiger partial charge in [0.15, 0.2) is 5.58 Å². The average Bonchev–Trinajstić information content (AvgIpc) is 3.84. The molecular formula is C49H42N4O2. The number of benzene rings is 6. The van der Waals surface area contributed by atoms with Crippen molar-refractivity contribution in [2.24, 2.45) is 0 Å². The Balaban J connectivity index is 1.08. The Morgan fingerprint density at radius 2 is 1.35 bits per heavy atom. The molecule has 0 amide bonds.